The minimum Gasteiger partial charge on any atom is -0.460 e. The Hall–Kier alpha value is -4.33. The molecule has 284 valence electrons. The number of aromatic amines is 4. The maximum Gasteiger partial charge on any atom is 0.306 e. The maximum absolute atomic E-state index is 12.0. The van der Waals surface area contributed by atoms with E-state index in [1.807, 2.05) is 20.8 Å². The van der Waals surface area contributed by atoms with Crippen LogP contribution in [0.4, 0.5) is 11.9 Å². The van der Waals surface area contributed by atoms with Gasteiger partial charge in [0, 0.05) is 58.2 Å². The molecule has 0 saturated heterocycles. The predicted octanol–water partition coefficient (Wildman–Crippen LogP) is 1.44. The van der Waals surface area contributed by atoms with Crippen LogP contribution < -0.4 is 33.2 Å². The second kappa shape index (κ2) is 21.8. The van der Waals surface area contributed by atoms with Gasteiger partial charge in [0.15, 0.2) is 0 Å². The quantitative estimate of drug-likeness (QED) is 0.0423. The number of nitrogen functional groups attached to an aromatic ring is 2. The van der Waals surface area contributed by atoms with Gasteiger partial charge in [-0.15, -0.1) is 0 Å². The number of rotatable bonds is 22. The molecule has 0 unspecified atom stereocenters. The summed E-state index contributed by atoms with van der Waals surface area (Å²) < 4.78 is 26.9. The van der Waals surface area contributed by atoms with E-state index in [9.17, 15) is 14.4 Å². The average Bonchev–Trinajstić information content (AvgIpc) is 3.66. The molecule has 4 aromatic rings. The van der Waals surface area contributed by atoms with Crippen LogP contribution in [0.15, 0.2) is 22.0 Å². The van der Waals surface area contributed by atoms with Gasteiger partial charge in [0.25, 0.3) is 11.1 Å². The Morgan fingerprint density at radius 2 is 1.18 bits per heavy atom. The Bertz CT molecular complexity index is 1730. The van der Waals surface area contributed by atoms with Gasteiger partial charge < -0.3 is 55.8 Å². The van der Waals surface area contributed by atoms with Crippen LogP contribution in [0, 0.1) is 0 Å². The highest BCUT2D eigenvalue weighted by Crippen LogP contribution is 2.13. The van der Waals surface area contributed by atoms with Crippen molar-refractivity contribution >= 4 is 39.9 Å². The number of carbonyl (C=O) groups excluding carboxylic acids is 1. The van der Waals surface area contributed by atoms with E-state index >= 15 is 0 Å². The highest BCUT2D eigenvalue weighted by molar-refractivity contribution is 5.80. The summed E-state index contributed by atoms with van der Waals surface area (Å²) in [7, 11) is 0. The lowest BCUT2D eigenvalue weighted by atomic mass is 10.2. The number of fused-ring (bicyclic) bond motifs is 2. The van der Waals surface area contributed by atoms with E-state index in [-0.39, 0.29) is 29.0 Å². The van der Waals surface area contributed by atoms with Crippen molar-refractivity contribution in [3.63, 3.8) is 0 Å². The second-order valence-electron chi connectivity index (χ2n) is 12.5. The highest BCUT2D eigenvalue weighted by atomic mass is 16.6. The molecule has 0 saturated carbocycles. The third-order valence-corrected chi connectivity index (χ3v) is 6.94. The summed E-state index contributed by atoms with van der Waals surface area (Å²) in [5.41, 5.74) is 12.7. The lowest BCUT2D eigenvalue weighted by molar-refractivity contribution is -0.155. The van der Waals surface area contributed by atoms with Gasteiger partial charge in [0.05, 0.1) is 50.4 Å². The number of carbonyl (C=O) groups is 1. The normalized spacial score (nSPS) is 11.6. The van der Waals surface area contributed by atoms with Crippen molar-refractivity contribution in [2.24, 2.45) is 0 Å². The van der Waals surface area contributed by atoms with Crippen LogP contribution in [0.3, 0.4) is 0 Å². The first-order chi connectivity index (χ1) is 24.5. The first-order valence-electron chi connectivity index (χ1n) is 17.1. The fraction of sp³-hybridized carbons (Fsp3) is 0.606. The smallest absolute Gasteiger partial charge is 0.306 e. The van der Waals surface area contributed by atoms with E-state index in [4.69, 9.17) is 35.2 Å². The summed E-state index contributed by atoms with van der Waals surface area (Å²) in [6, 6.07) is 0. The lowest BCUT2D eigenvalue weighted by Crippen LogP contribution is -2.24. The maximum atomic E-state index is 12.0. The van der Waals surface area contributed by atoms with Crippen molar-refractivity contribution in [2.75, 3.05) is 77.4 Å². The summed E-state index contributed by atoms with van der Waals surface area (Å²) in [6.45, 7) is 14.6. The van der Waals surface area contributed by atoms with Crippen LogP contribution in [0.1, 0.15) is 58.1 Å². The molecule has 0 bridgehead atoms. The van der Waals surface area contributed by atoms with Gasteiger partial charge in [-0.05, 0) is 44.7 Å². The highest BCUT2D eigenvalue weighted by Gasteiger charge is 2.15. The van der Waals surface area contributed by atoms with Crippen molar-refractivity contribution in [1.29, 1.82) is 0 Å². The zero-order valence-electron chi connectivity index (χ0n) is 30.1. The van der Waals surface area contributed by atoms with E-state index in [1.165, 1.54) is 0 Å². The first kappa shape index (κ1) is 41.1. The van der Waals surface area contributed by atoms with Crippen molar-refractivity contribution in [1.82, 2.24) is 40.5 Å². The van der Waals surface area contributed by atoms with Crippen LogP contribution in [0.5, 0.6) is 0 Å². The lowest BCUT2D eigenvalue weighted by Gasteiger charge is -2.19. The van der Waals surface area contributed by atoms with Crippen LogP contribution in [0.2, 0.25) is 0 Å². The third kappa shape index (κ3) is 15.2. The largest absolute Gasteiger partial charge is 0.460 e. The van der Waals surface area contributed by atoms with Gasteiger partial charge >= 0.3 is 5.97 Å². The van der Waals surface area contributed by atoms with E-state index in [1.54, 1.807) is 12.4 Å². The zero-order chi connectivity index (χ0) is 37.1. The van der Waals surface area contributed by atoms with E-state index in [0.29, 0.717) is 107 Å². The molecule has 18 nitrogen and oxygen atoms in total. The minimum atomic E-state index is -0.450. The Morgan fingerprint density at radius 3 is 1.63 bits per heavy atom. The number of hydrogen-bond acceptors (Lipinski definition) is 14. The minimum absolute atomic E-state index is 0.0873. The van der Waals surface area contributed by atoms with E-state index in [2.05, 4.69) is 47.5 Å². The molecule has 0 aromatic carbocycles. The summed E-state index contributed by atoms with van der Waals surface area (Å²) in [5.74, 6) is -0.0123. The number of anilines is 2. The molecule has 10 N–H and O–H groups in total. The Kier molecular flexibility index (Phi) is 17.6. The Balaban J connectivity index is 0.000000286. The number of nitrogens with two attached hydrogens (primary N) is 2. The standard InChI is InChI=1S/C19H31N5O5.C14H23N5O3/c1-19(2,3)29-14(25)5-4-7-27-9-10-28-8-6-21-11-13-12-22-16-15(13)17(26)24-18(20)23-16;1-2-4-21-6-7-22-5-3-16-8-10-9-17-12-11(10)13(20)19-14(15)18-12/h12,21H,4-11H2,1-3H3,(H4,20,22,23,24,26);9,16H,2-8H2,1H3,(H4,15,17,18,19,20). The van der Waals surface area contributed by atoms with Crippen LogP contribution >= 0.6 is 0 Å². The molecule has 51 heavy (non-hydrogen) atoms. The topological polar surface area (TPSA) is 262 Å². The number of nitrogens with zero attached hydrogens (tertiary/aromatic N) is 2. The number of aromatic nitrogens is 6. The fourth-order valence-corrected chi connectivity index (χ4v) is 4.75. The Morgan fingerprint density at radius 1 is 0.725 bits per heavy atom. The molecule has 4 rings (SSSR count). The van der Waals surface area contributed by atoms with Crippen molar-refractivity contribution in [3.05, 3.63) is 44.2 Å². The van der Waals surface area contributed by atoms with Crippen LogP contribution in [-0.4, -0.2) is 107 Å². The van der Waals surface area contributed by atoms with Gasteiger partial charge in [0.1, 0.15) is 16.9 Å². The molecule has 4 heterocycles. The summed E-state index contributed by atoms with van der Waals surface area (Å²) >= 11 is 0. The molecule has 0 radical (unpaired) electrons. The third-order valence-electron chi connectivity index (χ3n) is 6.94. The Labute approximate surface area is 296 Å². The molecular weight excluding hydrogens is 664 g/mol. The second-order valence-corrected chi connectivity index (χ2v) is 12.5. The van der Waals surface area contributed by atoms with Crippen molar-refractivity contribution in [2.45, 2.75) is 65.6 Å². The number of ether oxygens (including phenoxy) is 5. The van der Waals surface area contributed by atoms with Gasteiger partial charge in [-0.25, -0.2) is 0 Å². The van der Waals surface area contributed by atoms with E-state index in [0.717, 1.165) is 24.2 Å². The number of hydrogen-bond donors (Lipinski definition) is 8. The molecule has 0 aliphatic rings. The van der Waals surface area contributed by atoms with Gasteiger partial charge in [-0.3, -0.25) is 24.4 Å². The fourth-order valence-electron chi connectivity index (χ4n) is 4.75. The molecule has 0 amide bonds. The van der Waals surface area contributed by atoms with Gasteiger partial charge in [-0.1, -0.05) is 6.92 Å². The summed E-state index contributed by atoms with van der Waals surface area (Å²) in [6.07, 6.45) is 5.50. The molecule has 0 aliphatic heterocycles. The summed E-state index contributed by atoms with van der Waals surface area (Å²) in [5, 5.41) is 7.49. The van der Waals surface area contributed by atoms with E-state index < -0.39 is 5.60 Å². The summed E-state index contributed by atoms with van der Waals surface area (Å²) in [4.78, 5) is 54.4. The molecule has 4 aromatic heterocycles. The molecular formula is C33H54N10O8. The van der Waals surface area contributed by atoms with Crippen molar-refractivity contribution < 1.29 is 28.5 Å². The molecule has 0 fully saturated rings. The zero-order valence-corrected chi connectivity index (χ0v) is 30.1. The number of nitrogens with one attached hydrogen (secondary N) is 6. The first-order valence-corrected chi connectivity index (χ1v) is 17.1. The molecule has 0 spiro atoms. The SMILES string of the molecule is CC(C)(C)OC(=O)CCCOCCOCCNCc1c[nH]c2nc(N)[nH]c(=O)c12.CCCOCCOCCNCc1c[nH]c2nc(N)[nH]c(=O)c12. The van der Waals surface area contributed by atoms with Crippen LogP contribution in [-0.2, 0) is 41.6 Å². The molecule has 18 heteroatoms. The number of H-pyrrole nitrogens is 4. The number of esters is 1. The monoisotopic (exact) mass is 718 g/mol. The van der Waals surface area contributed by atoms with Crippen molar-refractivity contribution in [3.8, 4) is 0 Å². The molecule has 0 atom stereocenters. The average molecular weight is 719 g/mol. The van der Waals surface area contributed by atoms with Gasteiger partial charge in [-0.2, -0.15) is 9.97 Å². The van der Waals surface area contributed by atoms with Crippen LogP contribution in [0.25, 0.3) is 22.1 Å². The predicted molar refractivity (Wildman–Crippen MR) is 194 cm³/mol. The molecule has 0 aliphatic carbocycles. The van der Waals surface area contributed by atoms with Gasteiger partial charge in [0.2, 0.25) is 11.9 Å².